The van der Waals surface area contributed by atoms with E-state index in [1.165, 1.54) is 24.3 Å². The Balaban J connectivity index is 1.65. The SMILES string of the molecule is CCOC(=O)C1(C(=O)OCC)CC(/C=C/C2=[N+](CC)c3ccc(S(=O)(=O)O)cc3C2(C)C)=CC(=C/C=C2/N(CC)c3ccc(S(=O)(=O)O)cc3C2(C)C)/C1. The van der Waals surface area contributed by atoms with Crippen molar-refractivity contribution in [3.8, 4) is 0 Å². The summed E-state index contributed by atoms with van der Waals surface area (Å²) in [6.45, 7) is 16.4. The predicted octanol–water partition coefficient (Wildman–Crippen LogP) is 6.59. The first kappa shape index (κ1) is 40.8. The van der Waals surface area contributed by atoms with Gasteiger partial charge in [-0.1, -0.05) is 32.1 Å². The molecule has 2 N–H and O–H groups in total. The van der Waals surface area contributed by atoms with Crippen LogP contribution in [0, 0.1) is 5.41 Å². The number of allylic oxidation sites excluding steroid dienone is 8. The molecule has 0 atom stereocenters. The number of ether oxygens (including phenoxy) is 2. The van der Waals surface area contributed by atoms with Crippen molar-refractivity contribution in [2.45, 2.75) is 88.9 Å². The van der Waals surface area contributed by atoms with Crippen LogP contribution in [0.3, 0.4) is 0 Å². The molecule has 0 saturated heterocycles. The molecule has 54 heavy (non-hydrogen) atoms. The third-order valence-corrected chi connectivity index (χ3v) is 12.3. The molecule has 0 saturated carbocycles. The molecule has 14 heteroatoms. The Morgan fingerprint density at radius 2 is 1.37 bits per heavy atom. The first-order valence-electron chi connectivity index (χ1n) is 18.0. The Labute approximate surface area is 318 Å². The van der Waals surface area contributed by atoms with Gasteiger partial charge in [0, 0.05) is 41.1 Å². The fourth-order valence-electron chi connectivity index (χ4n) is 7.91. The fraction of sp³-hybridized carbons (Fsp3) is 0.425. The summed E-state index contributed by atoms with van der Waals surface area (Å²) in [5.74, 6) is -1.39. The largest absolute Gasteiger partial charge is 0.465 e. The van der Waals surface area contributed by atoms with E-state index in [1.807, 2.05) is 71.9 Å². The molecule has 1 aliphatic carbocycles. The highest BCUT2D eigenvalue weighted by molar-refractivity contribution is 7.86. The fourth-order valence-corrected chi connectivity index (χ4v) is 8.92. The number of esters is 2. The summed E-state index contributed by atoms with van der Waals surface area (Å²) in [6.07, 6.45) is 9.46. The lowest BCUT2D eigenvalue weighted by molar-refractivity contribution is -0.433. The zero-order chi connectivity index (χ0) is 40.0. The third-order valence-electron chi connectivity index (χ3n) is 10.6. The topological polar surface area (TPSA) is 168 Å². The molecule has 12 nitrogen and oxygen atoms in total. The van der Waals surface area contributed by atoms with Crippen LogP contribution in [-0.4, -0.2) is 74.5 Å². The normalized spacial score (nSPS) is 20.3. The van der Waals surface area contributed by atoms with Crippen molar-refractivity contribution in [3.63, 3.8) is 0 Å². The zero-order valence-electron chi connectivity index (χ0n) is 32.0. The molecule has 5 rings (SSSR count). The summed E-state index contributed by atoms with van der Waals surface area (Å²) in [5, 5.41) is 0. The van der Waals surface area contributed by atoms with Gasteiger partial charge in [-0.05, 0) is 108 Å². The Kier molecular flexibility index (Phi) is 11.1. The zero-order valence-corrected chi connectivity index (χ0v) is 33.6. The van der Waals surface area contributed by atoms with E-state index in [1.54, 1.807) is 26.0 Å². The molecular formula is C40H49N2O10S2+. The van der Waals surface area contributed by atoms with E-state index in [0.717, 1.165) is 33.9 Å². The van der Waals surface area contributed by atoms with Gasteiger partial charge in [-0.2, -0.15) is 21.4 Å². The van der Waals surface area contributed by atoms with Gasteiger partial charge in [-0.25, -0.2) is 0 Å². The number of rotatable bonds is 11. The van der Waals surface area contributed by atoms with E-state index >= 15 is 0 Å². The first-order chi connectivity index (χ1) is 25.2. The van der Waals surface area contributed by atoms with Crippen molar-refractivity contribution in [2.24, 2.45) is 5.41 Å². The third kappa shape index (κ3) is 7.24. The second-order valence-corrected chi connectivity index (χ2v) is 17.5. The van der Waals surface area contributed by atoms with Crippen molar-refractivity contribution in [3.05, 3.63) is 94.7 Å². The quantitative estimate of drug-likeness (QED) is 0.109. The number of hydrogen-bond acceptors (Lipinski definition) is 9. The van der Waals surface area contributed by atoms with Gasteiger partial charge in [0.1, 0.15) is 6.54 Å². The van der Waals surface area contributed by atoms with Crippen molar-refractivity contribution in [1.82, 2.24) is 0 Å². The molecule has 2 aromatic rings. The van der Waals surface area contributed by atoms with Crippen LogP contribution in [0.5, 0.6) is 0 Å². The van der Waals surface area contributed by atoms with Gasteiger partial charge in [0.2, 0.25) is 5.69 Å². The number of hydrogen-bond donors (Lipinski definition) is 2. The highest BCUT2D eigenvalue weighted by Gasteiger charge is 2.51. The molecule has 0 radical (unpaired) electrons. The summed E-state index contributed by atoms with van der Waals surface area (Å²) >= 11 is 0. The van der Waals surface area contributed by atoms with Crippen molar-refractivity contribution >= 4 is 49.3 Å². The Hall–Kier alpha value is -4.37. The smallest absolute Gasteiger partial charge is 0.324 e. The number of fused-ring (bicyclic) bond motifs is 2. The van der Waals surface area contributed by atoms with E-state index < -0.39 is 48.4 Å². The van der Waals surface area contributed by atoms with Gasteiger partial charge in [-0.3, -0.25) is 18.7 Å². The highest BCUT2D eigenvalue weighted by Crippen LogP contribution is 2.49. The van der Waals surface area contributed by atoms with E-state index in [2.05, 4.69) is 9.48 Å². The van der Waals surface area contributed by atoms with Gasteiger partial charge in [-0.15, -0.1) is 0 Å². The summed E-state index contributed by atoms with van der Waals surface area (Å²) < 4.78 is 80.6. The molecule has 0 amide bonds. The molecule has 2 aromatic carbocycles. The number of nitrogens with zero attached hydrogens (tertiary/aromatic N) is 2. The molecule has 3 aliphatic rings. The summed E-state index contributed by atoms with van der Waals surface area (Å²) in [4.78, 5) is 29.3. The van der Waals surface area contributed by atoms with Crippen molar-refractivity contribution in [1.29, 1.82) is 0 Å². The van der Waals surface area contributed by atoms with Crippen LogP contribution < -0.4 is 4.90 Å². The lowest BCUT2D eigenvalue weighted by atomic mass is 9.71. The number of likely N-dealkylation sites (N-methyl/N-ethyl adjacent to an activating group) is 1. The Morgan fingerprint density at radius 1 is 0.796 bits per heavy atom. The maximum Gasteiger partial charge on any atom is 0.324 e. The minimum atomic E-state index is -4.43. The monoisotopic (exact) mass is 781 g/mol. The van der Waals surface area contributed by atoms with E-state index in [0.29, 0.717) is 24.2 Å². The second kappa shape index (κ2) is 14.7. The van der Waals surface area contributed by atoms with Crippen LogP contribution in [0.4, 0.5) is 11.4 Å². The number of carbonyl (C=O) groups is 2. The maximum absolute atomic E-state index is 13.8. The molecule has 0 bridgehead atoms. The molecular weight excluding hydrogens is 733 g/mol. The standard InChI is InChI=1S/C40H48N2O10S2/c1-9-41-32-17-15-28(53(45,46)47)22-30(32)38(5,6)34(41)19-13-26-21-27(25-40(24-26,36(43)51-11-3)37(44)52-12-4)14-20-35-39(7,8)31-23-29(54(48,49)50)16-18-33(31)42(35)10-2/h13-23H,9-12,24-25H2,1-8H3,(H-,45,46,47,48,49,50)/p+1. The van der Waals surface area contributed by atoms with Gasteiger partial charge in [0.25, 0.3) is 20.2 Å². The van der Waals surface area contributed by atoms with Crippen LogP contribution in [0.15, 0.2) is 93.4 Å². The van der Waals surface area contributed by atoms with E-state index in [-0.39, 0.29) is 35.8 Å². The molecule has 290 valence electrons. The average Bonchev–Trinajstić information content (AvgIpc) is 3.46. The molecule has 0 unspecified atom stereocenters. The molecule has 0 aromatic heterocycles. The van der Waals surface area contributed by atoms with E-state index in [4.69, 9.17) is 9.47 Å². The Morgan fingerprint density at radius 3 is 1.91 bits per heavy atom. The minimum absolute atomic E-state index is 0.00515. The molecule has 2 aliphatic heterocycles. The number of anilines is 1. The van der Waals surface area contributed by atoms with Gasteiger partial charge < -0.3 is 14.4 Å². The average molecular weight is 782 g/mol. The van der Waals surface area contributed by atoms with E-state index in [9.17, 15) is 35.5 Å². The van der Waals surface area contributed by atoms with Gasteiger partial charge in [0.15, 0.2) is 11.1 Å². The van der Waals surface area contributed by atoms with Gasteiger partial charge >= 0.3 is 11.9 Å². The number of carbonyl (C=O) groups excluding carboxylic acids is 2. The van der Waals surface area contributed by atoms with Crippen LogP contribution in [-0.2, 0) is 50.1 Å². The first-order valence-corrected chi connectivity index (χ1v) is 20.9. The lowest BCUT2D eigenvalue weighted by Gasteiger charge is -2.33. The summed E-state index contributed by atoms with van der Waals surface area (Å²) in [6, 6.07) is 9.08. The highest BCUT2D eigenvalue weighted by atomic mass is 32.2. The van der Waals surface area contributed by atoms with Crippen molar-refractivity contribution < 1.29 is 49.6 Å². The second-order valence-electron chi connectivity index (χ2n) is 14.7. The van der Waals surface area contributed by atoms with Crippen LogP contribution in [0.2, 0.25) is 0 Å². The van der Waals surface area contributed by atoms with Crippen molar-refractivity contribution in [2.75, 3.05) is 31.2 Å². The summed E-state index contributed by atoms with van der Waals surface area (Å²) in [5.41, 5.74) is 3.01. The molecule has 0 fully saturated rings. The van der Waals surface area contributed by atoms with Crippen LogP contribution in [0.1, 0.15) is 79.4 Å². The predicted molar refractivity (Wildman–Crippen MR) is 205 cm³/mol. The molecule has 2 heterocycles. The Bertz CT molecular complexity index is 2260. The van der Waals surface area contributed by atoms with Crippen LogP contribution in [0.25, 0.3) is 0 Å². The molecule has 0 spiro atoms. The van der Waals surface area contributed by atoms with Crippen LogP contribution >= 0.6 is 0 Å². The lowest BCUT2D eigenvalue weighted by Crippen LogP contribution is -2.44. The minimum Gasteiger partial charge on any atom is -0.465 e. The number of benzene rings is 2. The summed E-state index contributed by atoms with van der Waals surface area (Å²) in [7, 11) is -8.86. The maximum atomic E-state index is 13.8. The van der Waals surface area contributed by atoms with Gasteiger partial charge in [0.05, 0.1) is 28.4 Å².